The maximum atomic E-state index is 13.2. The van der Waals surface area contributed by atoms with Crippen molar-refractivity contribution in [2.45, 2.75) is 45.4 Å². The fourth-order valence-electron chi connectivity index (χ4n) is 5.69. The molecule has 2 N–H and O–H groups in total. The summed E-state index contributed by atoms with van der Waals surface area (Å²) < 4.78 is 1.51. The Bertz CT molecular complexity index is 1760. The third-order valence-corrected chi connectivity index (χ3v) is 9.41. The van der Waals surface area contributed by atoms with Gasteiger partial charge in [0.25, 0.3) is 17.4 Å². The summed E-state index contributed by atoms with van der Waals surface area (Å²) in [5, 5.41) is 6.20. The molecule has 1 aromatic carbocycles. The van der Waals surface area contributed by atoms with E-state index < -0.39 is 0 Å². The van der Waals surface area contributed by atoms with Crippen molar-refractivity contribution in [1.82, 2.24) is 14.5 Å². The van der Waals surface area contributed by atoms with Crippen molar-refractivity contribution in [3.63, 3.8) is 0 Å². The van der Waals surface area contributed by atoms with Crippen molar-refractivity contribution < 1.29 is 14.4 Å². The first-order chi connectivity index (χ1) is 20.8. The first kappa shape index (κ1) is 28.5. The second-order valence-corrected chi connectivity index (χ2v) is 12.3. The number of benzene rings is 1. The number of hydrogen-bond donors (Lipinski definition) is 2. The average molecular weight is 596 g/mol. The van der Waals surface area contributed by atoms with E-state index in [-0.39, 0.29) is 23.2 Å². The summed E-state index contributed by atoms with van der Waals surface area (Å²) in [5.41, 5.74) is 5.13. The minimum absolute atomic E-state index is 0.107. The van der Waals surface area contributed by atoms with Crippen LogP contribution in [0.5, 0.6) is 0 Å². The SMILES string of the molecule is Cc1c(NC(=O)c2cc3c(s2)CCCC3)cccc1-c1cc(Nc2ccc(C(=O)N3CCC(=O)CC3)cn2)c(=O)n(C)c1. The van der Waals surface area contributed by atoms with Gasteiger partial charge in [-0.2, -0.15) is 0 Å². The predicted molar refractivity (Wildman–Crippen MR) is 168 cm³/mol. The molecule has 1 aliphatic carbocycles. The number of aryl methyl sites for hydroxylation is 3. The van der Waals surface area contributed by atoms with E-state index in [4.69, 9.17) is 0 Å². The second kappa shape index (κ2) is 12.0. The van der Waals surface area contributed by atoms with Gasteiger partial charge in [-0.15, -0.1) is 11.3 Å². The van der Waals surface area contributed by atoms with Gasteiger partial charge >= 0.3 is 0 Å². The van der Waals surface area contributed by atoms with Crippen molar-refractivity contribution in [2.24, 2.45) is 7.05 Å². The lowest BCUT2D eigenvalue weighted by Crippen LogP contribution is -2.38. The third-order valence-electron chi connectivity index (χ3n) is 8.18. The highest BCUT2D eigenvalue weighted by Gasteiger charge is 2.22. The zero-order valence-corrected chi connectivity index (χ0v) is 25.1. The standard InChI is InChI=1S/C33H33N5O4S/c1-20-25(7-5-8-26(20)36-31(40)29-17-21-6-3-4-9-28(21)43-29)23-16-27(33(42)37(2)19-23)35-30-11-10-22(18-34-30)32(41)38-14-12-24(39)13-15-38/h5,7-8,10-11,16-19H,3-4,6,9,12-15H2,1-2H3,(H,34,35)(H,36,40). The van der Waals surface area contributed by atoms with E-state index in [2.05, 4.69) is 15.6 Å². The van der Waals surface area contributed by atoms with Crippen molar-refractivity contribution in [3.05, 3.63) is 91.7 Å². The van der Waals surface area contributed by atoms with E-state index in [1.165, 1.54) is 34.0 Å². The maximum Gasteiger partial charge on any atom is 0.274 e. The van der Waals surface area contributed by atoms with Crippen LogP contribution >= 0.6 is 11.3 Å². The monoisotopic (exact) mass is 595 g/mol. The molecule has 0 bridgehead atoms. The lowest BCUT2D eigenvalue weighted by Gasteiger charge is -2.26. The number of Topliss-reactive ketones (excluding diaryl/α,β-unsaturated/α-hetero) is 1. The molecule has 43 heavy (non-hydrogen) atoms. The second-order valence-electron chi connectivity index (χ2n) is 11.1. The number of nitrogens with zero attached hydrogens (tertiary/aromatic N) is 3. The Morgan fingerprint density at radius 2 is 1.74 bits per heavy atom. The average Bonchev–Trinajstić information content (AvgIpc) is 3.46. The van der Waals surface area contributed by atoms with Crippen LogP contribution in [0.2, 0.25) is 0 Å². The van der Waals surface area contributed by atoms with Gasteiger partial charge in [-0.1, -0.05) is 12.1 Å². The Kier molecular flexibility index (Phi) is 7.94. The molecule has 0 spiro atoms. The van der Waals surface area contributed by atoms with E-state index in [0.717, 1.165) is 40.1 Å². The topological polar surface area (TPSA) is 113 Å². The number of pyridine rings is 2. The smallest absolute Gasteiger partial charge is 0.274 e. The number of amides is 2. The van der Waals surface area contributed by atoms with Crippen LogP contribution in [-0.4, -0.2) is 45.1 Å². The van der Waals surface area contributed by atoms with Gasteiger partial charge < -0.3 is 20.1 Å². The zero-order valence-electron chi connectivity index (χ0n) is 24.2. The minimum atomic E-state index is -0.229. The highest BCUT2D eigenvalue weighted by molar-refractivity contribution is 7.14. The fourth-order valence-corrected chi connectivity index (χ4v) is 6.84. The summed E-state index contributed by atoms with van der Waals surface area (Å²) in [6, 6.07) is 12.9. The Balaban J connectivity index is 1.21. The number of rotatable bonds is 6. The molecule has 9 nitrogen and oxygen atoms in total. The lowest BCUT2D eigenvalue weighted by atomic mass is 9.99. The van der Waals surface area contributed by atoms with Gasteiger partial charge in [0.1, 0.15) is 17.3 Å². The number of fused-ring (bicyclic) bond motifs is 1. The van der Waals surface area contributed by atoms with Crippen LogP contribution in [0.3, 0.4) is 0 Å². The van der Waals surface area contributed by atoms with Crippen molar-refractivity contribution in [2.75, 3.05) is 23.7 Å². The summed E-state index contributed by atoms with van der Waals surface area (Å²) in [7, 11) is 1.69. The van der Waals surface area contributed by atoms with Gasteiger partial charge in [-0.25, -0.2) is 4.98 Å². The van der Waals surface area contributed by atoms with Crippen molar-refractivity contribution in [3.8, 4) is 11.1 Å². The van der Waals surface area contributed by atoms with E-state index in [9.17, 15) is 19.2 Å². The van der Waals surface area contributed by atoms with Crippen LogP contribution in [0, 0.1) is 6.92 Å². The molecule has 6 rings (SSSR count). The summed E-state index contributed by atoms with van der Waals surface area (Å²) in [4.78, 5) is 58.6. The van der Waals surface area contributed by atoms with Gasteiger partial charge in [0.15, 0.2) is 0 Å². The number of anilines is 3. The Morgan fingerprint density at radius 3 is 2.49 bits per heavy atom. The molecule has 10 heteroatoms. The van der Waals surface area contributed by atoms with Gasteiger partial charge in [0.2, 0.25) is 0 Å². The molecule has 2 amide bonds. The van der Waals surface area contributed by atoms with Gasteiger partial charge in [-0.05, 0) is 79.6 Å². The van der Waals surface area contributed by atoms with Crippen molar-refractivity contribution in [1.29, 1.82) is 0 Å². The molecular formula is C33H33N5O4S. The van der Waals surface area contributed by atoms with Crippen LogP contribution < -0.4 is 16.2 Å². The lowest BCUT2D eigenvalue weighted by molar-refractivity contribution is -0.120. The molecule has 4 heterocycles. The third kappa shape index (κ3) is 6.01. The summed E-state index contributed by atoms with van der Waals surface area (Å²) in [6.07, 6.45) is 8.44. The zero-order chi connectivity index (χ0) is 30.1. The summed E-state index contributed by atoms with van der Waals surface area (Å²) in [5.74, 6) is 0.333. The Labute approximate surface area is 253 Å². The fraction of sp³-hybridized carbons (Fsp3) is 0.303. The van der Waals surface area contributed by atoms with E-state index in [1.807, 2.05) is 31.2 Å². The molecule has 0 unspecified atom stereocenters. The number of carbonyl (C=O) groups excluding carboxylic acids is 3. The van der Waals surface area contributed by atoms with Gasteiger partial charge in [0.05, 0.1) is 10.4 Å². The van der Waals surface area contributed by atoms with Crippen LogP contribution in [0.25, 0.3) is 11.1 Å². The first-order valence-electron chi connectivity index (χ1n) is 14.5. The number of hydrogen-bond acceptors (Lipinski definition) is 7. The van der Waals surface area contributed by atoms with Crippen molar-refractivity contribution >= 4 is 46.1 Å². The van der Waals surface area contributed by atoms with E-state index >= 15 is 0 Å². The first-order valence-corrected chi connectivity index (χ1v) is 15.4. The minimum Gasteiger partial charge on any atom is -0.338 e. The van der Waals surface area contributed by atoms with Gasteiger partial charge in [-0.3, -0.25) is 19.2 Å². The molecule has 0 radical (unpaired) electrons. The normalized spacial score (nSPS) is 14.7. The quantitative estimate of drug-likeness (QED) is 0.305. The highest BCUT2D eigenvalue weighted by atomic mass is 32.1. The van der Waals surface area contributed by atoms with E-state index in [1.54, 1.807) is 47.7 Å². The molecule has 1 fully saturated rings. The molecule has 1 saturated heterocycles. The molecule has 0 atom stereocenters. The Morgan fingerprint density at radius 1 is 0.953 bits per heavy atom. The largest absolute Gasteiger partial charge is 0.338 e. The number of nitrogens with one attached hydrogen (secondary N) is 2. The number of thiophene rings is 1. The molecule has 4 aromatic rings. The highest BCUT2D eigenvalue weighted by Crippen LogP contribution is 2.32. The molecule has 2 aliphatic rings. The number of carbonyl (C=O) groups is 3. The van der Waals surface area contributed by atoms with E-state index in [0.29, 0.717) is 43.0 Å². The number of ketones is 1. The van der Waals surface area contributed by atoms with Crippen LogP contribution in [0.4, 0.5) is 17.2 Å². The molecule has 0 saturated carbocycles. The van der Waals surface area contributed by atoms with Crippen LogP contribution in [0.15, 0.2) is 59.7 Å². The molecular weight excluding hydrogens is 562 g/mol. The van der Waals surface area contributed by atoms with Crippen LogP contribution in [0.1, 0.15) is 61.7 Å². The van der Waals surface area contributed by atoms with Gasteiger partial charge in [0, 0.05) is 61.5 Å². The number of piperidine rings is 1. The summed E-state index contributed by atoms with van der Waals surface area (Å²) in [6.45, 7) is 2.79. The molecule has 3 aromatic heterocycles. The summed E-state index contributed by atoms with van der Waals surface area (Å²) >= 11 is 1.59. The molecule has 1 aliphatic heterocycles. The number of likely N-dealkylation sites (tertiary alicyclic amines) is 1. The van der Waals surface area contributed by atoms with Crippen LogP contribution in [-0.2, 0) is 24.7 Å². The molecule has 220 valence electrons. The Hall–Kier alpha value is -4.57. The maximum absolute atomic E-state index is 13.2. The predicted octanol–water partition coefficient (Wildman–Crippen LogP) is 5.50. The number of aromatic nitrogens is 2.